The normalized spacial score (nSPS) is 11.8. The Bertz CT molecular complexity index is 1540. The van der Waals surface area contributed by atoms with Crippen LogP contribution in [0.1, 0.15) is 11.1 Å². The molecule has 0 aliphatic heterocycles. The Kier molecular flexibility index (Phi) is 3.11. The third kappa shape index (κ3) is 2.16. The zero-order chi connectivity index (χ0) is 18.9. The molecule has 0 atom stereocenters. The Labute approximate surface area is 154 Å². The highest BCUT2D eigenvalue weighted by atomic mass is 16.1. The van der Waals surface area contributed by atoms with Crippen molar-refractivity contribution in [2.75, 3.05) is 0 Å². The van der Waals surface area contributed by atoms with E-state index in [0.29, 0.717) is 27.1 Å². The molecule has 0 amide bonds. The van der Waals surface area contributed by atoms with Crippen LogP contribution in [0.4, 0.5) is 0 Å². The van der Waals surface area contributed by atoms with Gasteiger partial charge in [-0.2, -0.15) is 0 Å². The van der Waals surface area contributed by atoms with Crippen LogP contribution >= 0.6 is 0 Å². The molecule has 2 heterocycles. The molecule has 27 heavy (non-hydrogen) atoms. The lowest BCUT2D eigenvalue weighted by Crippen LogP contribution is -2.11. The minimum atomic E-state index is -0.0131. The number of rotatable bonds is 0. The van der Waals surface area contributed by atoms with E-state index < -0.39 is 0 Å². The first-order valence-electron chi connectivity index (χ1n) is 8.93. The van der Waals surface area contributed by atoms with E-state index >= 15 is 0 Å². The summed E-state index contributed by atoms with van der Waals surface area (Å²) in [5.74, 6) is 0. The monoisotopic (exact) mass is 354 g/mol. The molecule has 3 aromatic carbocycles. The van der Waals surface area contributed by atoms with Crippen molar-refractivity contribution in [2.45, 2.75) is 13.8 Å². The summed E-state index contributed by atoms with van der Waals surface area (Å²) in [5, 5.41) is 2.58. The van der Waals surface area contributed by atoms with Crippen LogP contribution < -0.4 is 10.9 Å². The first-order valence-corrected chi connectivity index (χ1v) is 8.93. The van der Waals surface area contributed by atoms with Gasteiger partial charge in [0, 0.05) is 34.1 Å². The van der Waals surface area contributed by atoms with E-state index in [1.54, 1.807) is 0 Å². The van der Waals surface area contributed by atoms with Crippen molar-refractivity contribution >= 4 is 43.6 Å². The van der Waals surface area contributed by atoms with E-state index in [9.17, 15) is 9.59 Å². The number of hydrogen-bond acceptors (Lipinski definition) is 2. The van der Waals surface area contributed by atoms with Gasteiger partial charge in [-0.15, -0.1) is 0 Å². The average molecular weight is 354 g/mol. The molecule has 132 valence electrons. The van der Waals surface area contributed by atoms with Crippen LogP contribution in [0.25, 0.3) is 43.6 Å². The first kappa shape index (κ1) is 15.8. The molecule has 0 fully saturated rings. The number of H-pyrrole nitrogens is 1. The fourth-order valence-electron chi connectivity index (χ4n) is 3.98. The molecule has 1 N–H and O–H groups in total. The topological polar surface area (TPSA) is 54.9 Å². The third-order valence-electron chi connectivity index (χ3n) is 5.43. The second-order valence-electron chi connectivity index (χ2n) is 7.33. The molecule has 5 rings (SSSR count). The summed E-state index contributed by atoms with van der Waals surface area (Å²) in [6.45, 7) is 3.95. The zero-order valence-corrected chi connectivity index (χ0v) is 15.4. The number of pyridine rings is 2. The molecule has 0 spiro atoms. The van der Waals surface area contributed by atoms with E-state index in [1.807, 2.05) is 74.0 Å². The van der Waals surface area contributed by atoms with Crippen LogP contribution in [0.5, 0.6) is 0 Å². The van der Waals surface area contributed by atoms with Gasteiger partial charge in [0.25, 0.3) is 0 Å². The Morgan fingerprint density at radius 1 is 0.667 bits per heavy atom. The Hall–Kier alpha value is -3.40. The van der Waals surface area contributed by atoms with Gasteiger partial charge in [0.2, 0.25) is 0 Å². The van der Waals surface area contributed by atoms with Gasteiger partial charge in [-0.25, -0.2) is 0 Å². The van der Waals surface area contributed by atoms with E-state index in [2.05, 4.69) is 4.98 Å². The maximum absolute atomic E-state index is 13.1. The van der Waals surface area contributed by atoms with Crippen molar-refractivity contribution in [3.8, 4) is 0 Å². The van der Waals surface area contributed by atoms with E-state index in [-0.39, 0.29) is 10.9 Å². The maximum Gasteiger partial charge on any atom is 0.197 e. The van der Waals surface area contributed by atoms with Gasteiger partial charge in [-0.3, -0.25) is 9.59 Å². The van der Waals surface area contributed by atoms with Crippen LogP contribution in [-0.2, 0) is 7.05 Å². The number of aryl methyl sites for hydroxylation is 3. The van der Waals surface area contributed by atoms with Gasteiger partial charge < -0.3 is 9.55 Å². The molecule has 2 aromatic heterocycles. The minimum Gasteiger partial charge on any atom is -0.354 e. The fraction of sp³-hybridized carbons (Fsp3) is 0.130. The van der Waals surface area contributed by atoms with Crippen molar-refractivity contribution in [2.24, 2.45) is 7.05 Å². The Morgan fingerprint density at radius 2 is 1.26 bits per heavy atom. The number of nitrogens with zero attached hydrogens (tertiary/aromatic N) is 1. The molecule has 0 radical (unpaired) electrons. The van der Waals surface area contributed by atoms with E-state index in [0.717, 1.165) is 27.7 Å². The molecule has 0 bridgehead atoms. The van der Waals surface area contributed by atoms with E-state index in [4.69, 9.17) is 0 Å². The summed E-state index contributed by atoms with van der Waals surface area (Å²) in [6.07, 6.45) is 0. The number of benzene rings is 3. The molecular formula is C23H18N2O2. The lowest BCUT2D eigenvalue weighted by molar-refractivity contribution is 1.00. The molecule has 4 heteroatoms. The van der Waals surface area contributed by atoms with Crippen molar-refractivity contribution in [3.63, 3.8) is 0 Å². The standard InChI is InChI=1S/C23H18N2O2/c1-12-4-6-18-14(8-12)22(26)15-11-21-17(10-19(15)24-18)23(27)16-9-13(2)5-7-20(16)25(21)3/h4-11H,1-3H3,(H,24,26). The van der Waals surface area contributed by atoms with Gasteiger partial charge in [0.15, 0.2) is 10.9 Å². The molecule has 0 saturated carbocycles. The summed E-state index contributed by atoms with van der Waals surface area (Å²) >= 11 is 0. The summed E-state index contributed by atoms with van der Waals surface area (Å²) < 4.78 is 1.99. The van der Waals surface area contributed by atoms with E-state index in [1.165, 1.54) is 0 Å². The SMILES string of the molecule is Cc1ccc2[nH]c3cc4c(=O)c5cc(C)ccc5n(C)c4cc3c(=O)c2c1. The average Bonchev–Trinajstić information content (AvgIpc) is 2.66. The molecule has 5 aromatic rings. The van der Waals surface area contributed by atoms with Crippen LogP contribution in [0, 0.1) is 13.8 Å². The van der Waals surface area contributed by atoms with Gasteiger partial charge in [0.1, 0.15) is 0 Å². The largest absolute Gasteiger partial charge is 0.354 e. The smallest absolute Gasteiger partial charge is 0.197 e. The maximum atomic E-state index is 13.1. The molecule has 0 aliphatic carbocycles. The lowest BCUT2D eigenvalue weighted by atomic mass is 10.0. The highest BCUT2D eigenvalue weighted by molar-refractivity contribution is 6.03. The van der Waals surface area contributed by atoms with Crippen LogP contribution in [0.2, 0.25) is 0 Å². The summed E-state index contributed by atoms with van der Waals surface area (Å²) in [5.41, 5.74) is 5.18. The molecule has 0 aliphatic rings. The number of aromatic amines is 1. The molecular weight excluding hydrogens is 336 g/mol. The third-order valence-corrected chi connectivity index (χ3v) is 5.43. The van der Waals surface area contributed by atoms with Crippen LogP contribution in [0.3, 0.4) is 0 Å². The van der Waals surface area contributed by atoms with Gasteiger partial charge in [-0.1, -0.05) is 23.3 Å². The number of fused-ring (bicyclic) bond motifs is 4. The van der Waals surface area contributed by atoms with Gasteiger partial charge in [0.05, 0.1) is 16.6 Å². The fourth-order valence-corrected chi connectivity index (χ4v) is 3.98. The predicted molar refractivity (Wildman–Crippen MR) is 112 cm³/mol. The number of hydrogen-bond donors (Lipinski definition) is 1. The summed E-state index contributed by atoms with van der Waals surface area (Å²) in [7, 11) is 1.94. The van der Waals surface area contributed by atoms with Gasteiger partial charge in [-0.05, 0) is 50.2 Å². The molecule has 0 saturated heterocycles. The molecule has 4 nitrogen and oxygen atoms in total. The second kappa shape index (κ2) is 5.30. The number of nitrogens with one attached hydrogen (secondary N) is 1. The van der Waals surface area contributed by atoms with Crippen molar-refractivity contribution in [1.29, 1.82) is 0 Å². The van der Waals surface area contributed by atoms with Crippen molar-refractivity contribution in [3.05, 3.63) is 80.1 Å². The predicted octanol–water partition coefficient (Wildman–Crippen LogP) is 4.30. The van der Waals surface area contributed by atoms with Gasteiger partial charge >= 0.3 is 0 Å². The summed E-state index contributed by atoms with van der Waals surface area (Å²) in [6, 6.07) is 15.3. The minimum absolute atomic E-state index is 0.00597. The zero-order valence-electron chi connectivity index (χ0n) is 15.4. The van der Waals surface area contributed by atoms with Crippen LogP contribution in [-0.4, -0.2) is 9.55 Å². The highest BCUT2D eigenvalue weighted by Crippen LogP contribution is 2.24. The summed E-state index contributed by atoms with van der Waals surface area (Å²) in [4.78, 5) is 29.5. The first-order chi connectivity index (χ1) is 12.9. The molecule has 0 unspecified atom stereocenters. The Morgan fingerprint density at radius 3 is 2.04 bits per heavy atom. The second-order valence-corrected chi connectivity index (χ2v) is 7.33. The van der Waals surface area contributed by atoms with Crippen molar-refractivity contribution < 1.29 is 0 Å². The Balaban J connectivity index is 2.04. The quantitative estimate of drug-likeness (QED) is 0.422. The number of aromatic nitrogens is 2. The highest BCUT2D eigenvalue weighted by Gasteiger charge is 2.13. The van der Waals surface area contributed by atoms with Crippen molar-refractivity contribution in [1.82, 2.24) is 9.55 Å². The van der Waals surface area contributed by atoms with Crippen LogP contribution in [0.15, 0.2) is 58.1 Å². The lowest BCUT2D eigenvalue weighted by Gasteiger charge is -2.12.